The molecule has 0 radical (unpaired) electrons. The monoisotopic (exact) mass is 248 g/mol. The number of fused-ring (bicyclic) bond motifs is 1. The topological polar surface area (TPSA) is 69.6 Å². The summed E-state index contributed by atoms with van der Waals surface area (Å²) in [6, 6.07) is 7.02. The molecule has 2 N–H and O–H groups in total. The second-order valence-electron chi connectivity index (χ2n) is 4.39. The van der Waals surface area contributed by atoms with Crippen molar-refractivity contribution in [3.63, 3.8) is 0 Å². The molecule has 0 aliphatic carbocycles. The van der Waals surface area contributed by atoms with Gasteiger partial charge < -0.3 is 15.3 Å². The Balaban J connectivity index is 2.20. The minimum absolute atomic E-state index is 0.204. The summed E-state index contributed by atoms with van der Waals surface area (Å²) < 4.78 is 0. The number of carbonyl (C=O) groups excluding carboxylic acids is 1. The second kappa shape index (κ2) is 5.08. The molecule has 5 heteroatoms. The fourth-order valence-electron chi connectivity index (χ4n) is 2.24. The molecular weight excluding hydrogens is 232 g/mol. The van der Waals surface area contributed by atoms with Crippen LogP contribution in [0.1, 0.15) is 18.9 Å². The molecular formula is C13H16N2O3. The molecule has 0 saturated carbocycles. The fraction of sp³-hybridized carbons (Fsp3) is 0.385. The molecule has 2 amide bonds. The number of nitrogens with zero attached hydrogens (tertiary/aromatic N) is 1. The van der Waals surface area contributed by atoms with Gasteiger partial charge in [0.2, 0.25) is 5.91 Å². The predicted octanol–water partition coefficient (Wildman–Crippen LogP) is 1.62. The number of para-hydroxylation sites is 1. The number of hydrogen-bond acceptors (Lipinski definition) is 2. The highest BCUT2D eigenvalue weighted by molar-refractivity contribution is 5.99. The summed E-state index contributed by atoms with van der Waals surface area (Å²) in [7, 11) is 0. The van der Waals surface area contributed by atoms with Crippen molar-refractivity contribution in [1.29, 1.82) is 0 Å². The number of aryl methyl sites for hydroxylation is 1. The molecule has 0 spiro atoms. The number of carbonyl (C=O) groups is 2. The maximum atomic E-state index is 12.2. The van der Waals surface area contributed by atoms with E-state index < -0.39 is 12.1 Å². The van der Waals surface area contributed by atoms with Crippen LogP contribution in [0.5, 0.6) is 0 Å². The first-order chi connectivity index (χ1) is 8.59. The van der Waals surface area contributed by atoms with Crippen LogP contribution in [0, 0.1) is 0 Å². The van der Waals surface area contributed by atoms with Gasteiger partial charge in [-0.25, -0.2) is 4.79 Å². The summed E-state index contributed by atoms with van der Waals surface area (Å²) in [6.45, 7) is 2.20. The molecule has 0 aromatic heterocycles. The molecule has 0 saturated heterocycles. The number of anilines is 1. The molecule has 0 fully saturated rings. The number of hydrogen-bond donors (Lipinski definition) is 2. The van der Waals surface area contributed by atoms with Crippen LogP contribution in [0.4, 0.5) is 10.5 Å². The number of rotatable bonds is 2. The highest BCUT2D eigenvalue weighted by Gasteiger charge is 2.26. The lowest BCUT2D eigenvalue weighted by atomic mass is 10.0. The van der Waals surface area contributed by atoms with Crippen LogP contribution in [-0.2, 0) is 11.2 Å². The van der Waals surface area contributed by atoms with Gasteiger partial charge in [0.05, 0.1) is 0 Å². The van der Waals surface area contributed by atoms with Crippen molar-refractivity contribution in [1.82, 2.24) is 5.32 Å². The molecule has 96 valence electrons. The SMILES string of the molecule is C[C@@H](NC(=O)O)C(=O)N1CCCc2ccccc21. The summed E-state index contributed by atoms with van der Waals surface area (Å²) in [6.07, 6.45) is 0.685. The molecule has 1 atom stereocenters. The first-order valence-electron chi connectivity index (χ1n) is 5.98. The van der Waals surface area contributed by atoms with E-state index >= 15 is 0 Å². The molecule has 1 aliphatic rings. The Kier molecular flexibility index (Phi) is 3.50. The third-order valence-corrected chi connectivity index (χ3v) is 3.09. The van der Waals surface area contributed by atoms with Gasteiger partial charge in [0.25, 0.3) is 0 Å². The molecule has 1 aromatic carbocycles. The van der Waals surface area contributed by atoms with Crippen LogP contribution in [0.25, 0.3) is 0 Å². The third-order valence-electron chi connectivity index (χ3n) is 3.09. The van der Waals surface area contributed by atoms with E-state index in [2.05, 4.69) is 5.32 Å². The quantitative estimate of drug-likeness (QED) is 0.835. The van der Waals surface area contributed by atoms with Gasteiger partial charge in [-0.15, -0.1) is 0 Å². The number of nitrogens with one attached hydrogen (secondary N) is 1. The Morgan fingerprint density at radius 1 is 1.39 bits per heavy atom. The lowest BCUT2D eigenvalue weighted by molar-refractivity contribution is -0.120. The molecule has 5 nitrogen and oxygen atoms in total. The zero-order chi connectivity index (χ0) is 13.1. The normalized spacial score (nSPS) is 15.7. The van der Waals surface area contributed by atoms with Crippen molar-refractivity contribution >= 4 is 17.7 Å². The van der Waals surface area contributed by atoms with Crippen LogP contribution >= 0.6 is 0 Å². The number of amides is 2. The Labute approximate surface area is 105 Å². The molecule has 2 rings (SSSR count). The van der Waals surface area contributed by atoms with Crippen LogP contribution in [0.2, 0.25) is 0 Å². The van der Waals surface area contributed by atoms with Gasteiger partial charge in [0.1, 0.15) is 6.04 Å². The van der Waals surface area contributed by atoms with Crippen molar-refractivity contribution < 1.29 is 14.7 Å². The highest BCUT2D eigenvalue weighted by Crippen LogP contribution is 2.27. The third kappa shape index (κ3) is 2.45. The van der Waals surface area contributed by atoms with Crippen LogP contribution < -0.4 is 10.2 Å². The van der Waals surface area contributed by atoms with E-state index in [1.807, 2.05) is 24.3 Å². The van der Waals surface area contributed by atoms with Gasteiger partial charge in [0.15, 0.2) is 0 Å². The largest absolute Gasteiger partial charge is 0.465 e. The van der Waals surface area contributed by atoms with Crippen molar-refractivity contribution in [2.75, 3.05) is 11.4 Å². The van der Waals surface area contributed by atoms with Gasteiger partial charge in [-0.1, -0.05) is 18.2 Å². The van der Waals surface area contributed by atoms with Crippen LogP contribution in [0.15, 0.2) is 24.3 Å². The maximum absolute atomic E-state index is 12.2. The standard InChI is InChI=1S/C13H16N2O3/c1-9(14-13(17)18)12(16)15-8-4-6-10-5-2-3-7-11(10)15/h2-3,5,7,9,14H,4,6,8H2,1H3,(H,17,18)/t9-/m1/s1. The first kappa shape index (κ1) is 12.4. The van der Waals surface area contributed by atoms with Gasteiger partial charge in [0, 0.05) is 12.2 Å². The van der Waals surface area contributed by atoms with E-state index in [1.165, 1.54) is 0 Å². The summed E-state index contributed by atoms with van der Waals surface area (Å²) >= 11 is 0. The van der Waals surface area contributed by atoms with E-state index in [9.17, 15) is 9.59 Å². The Bertz CT molecular complexity index is 473. The van der Waals surface area contributed by atoms with Crippen molar-refractivity contribution in [3.05, 3.63) is 29.8 Å². The average molecular weight is 248 g/mol. The maximum Gasteiger partial charge on any atom is 0.405 e. The molecule has 18 heavy (non-hydrogen) atoms. The van der Waals surface area contributed by atoms with Gasteiger partial charge in [-0.2, -0.15) is 0 Å². The van der Waals surface area contributed by atoms with Crippen molar-refractivity contribution in [2.24, 2.45) is 0 Å². The Morgan fingerprint density at radius 2 is 2.11 bits per heavy atom. The zero-order valence-electron chi connectivity index (χ0n) is 10.2. The molecule has 0 unspecified atom stereocenters. The van der Waals surface area contributed by atoms with E-state index in [0.717, 1.165) is 24.1 Å². The molecule has 1 aromatic rings. The van der Waals surface area contributed by atoms with Gasteiger partial charge in [-0.3, -0.25) is 4.79 Å². The Hall–Kier alpha value is -2.04. The molecule has 0 bridgehead atoms. The van der Waals surface area contributed by atoms with E-state index in [1.54, 1.807) is 11.8 Å². The fourth-order valence-corrected chi connectivity index (χ4v) is 2.24. The molecule has 1 heterocycles. The van der Waals surface area contributed by atoms with Crippen LogP contribution in [0.3, 0.4) is 0 Å². The summed E-state index contributed by atoms with van der Waals surface area (Å²) in [5.41, 5.74) is 2.03. The average Bonchev–Trinajstić information content (AvgIpc) is 2.36. The predicted molar refractivity (Wildman–Crippen MR) is 67.7 cm³/mol. The van der Waals surface area contributed by atoms with Crippen molar-refractivity contribution in [2.45, 2.75) is 25.8 Å². The minimum atomic E-state index is -1.18. The van der Waals surface area contributed by atoms with Gasteiger partial charge >= 0.3 is 6.09 Å². The second-order valence-corrected chi connectivity index (χ2v) is 4.39. The lowest BCUT2D eigenvalue weighted by Gasteiger charge is -2.31. The first-order valence-corrected chi connectivity index (χ1v) is 5.98. The smallest absolute Gasteiger partial charge is 0.405 e. The zero-order valence-corrected chi connectivity index (χ0v) is 10.2. The lowest BCUT2D eigenvalue weighted by Crippen LogP contribution is -2.48. The molecule has 1 aliphatic heterocycles. The number of carboxylic acid groups (broad SMARTS) is 1. The Morgan fingerprint density at radius 3 is 2.83 bits per heavy atom. The van der Waals surface area contributed by atoms with E-state index in [0.29, 0.717) is 6.54 Å². The van der Waals surface area contributed by atoms with Crippen molar-refractivity contribution in [3.8, 4) is 0 Å². The summed E-state index contributed by atoms with van der Waals surface area (Å²) in [5, 5.41) is 10.8. The summed E-state index contributed by atoms with van der Waals surface area (Å²) in [5.74, 6) is -0.204. The van der Waals surface area contributed by atoms with Gasteiger partial charge in [-0.05, 0) is 31.4 Å². The minimum Gasteiger partial charge on any atom is -0.465 e. The summed E-state index contributed by atoms with van der Waals surface area (Å²) in [4.78, 5) is 24.4. The highest BCUT2D eigenvalue weighted by atomic mass is 16.4. The van der Waals surface area contributed by atoms with E-state index in [-0.39, 0.29) is 5.91 Å². The van der Waals surface area contributed by atoms with Crippen LogP contribution in [-0.4, -0.2) is 29.7 Å². The number of benzene rings is 1. The van der Waals surface area contributed by atoms with E-state index in [4.69, 9.17) is 5.11 Å².